The fourth-order valence-corrected chi connectivity index (χ4v) is 3.75. The van der Waals surface area contributed by atoms with E-state index in [-0.39, 0.29) is 5.54 Å². The summed E-state index contributed by atoms with van der Waals surface area (Å²) >= 11 is 5.24. The second-order valence-electron chi connectivity index (χ2n) is 4.96. The molecule has 0 bridgehead atoms. The number of thiophene rings is 1. The van der Waals surface area contributed by atoms with E-state index in [2.05, 4.69) is 27.4 Å². The number of halogens is 1. The van der Waals surface area contributed by atoms with Crippen LogP contribution in [0.1, 0.15) is 43.4 Å². The second kappa shape index (κ2) is 6.32. The fourth-order valence-electron chi connectivity index (χ4n) is 2.35. The Morgan fingerprint density at radius 1 is 1.29 bits per heavy atom. The summed E-state index contributed by atoms with van der Waals surface area (Å²) in [5.41, 5.74) is 6.32. The van der Waals surface area contributed by atoms with Crippen LogP contribution in [0.15, 0.2) is 15.9 Å². The summed E-state index contributed by atoms with van der Waals surface area (Å²) in [5, 5.41) is 2.08. The van der Waals surface area contributed by atoms with Crippen LogP contribution in [-0.4, -0.2) is 12.1 Å². The third kappa shape index (κ3) is 4.05. The number of hydrogen-bond donors (Lipinski definition) is 1. The quantitative estimate of drug-likeness (QED) is 0.849. The predicted octanol–water partition coefficient (Wildman–Crippen LogP) is 4.08. The molecule has 0 spiro atoms. The topological polar surface area (TPSA) is 35.2 Å². The first-order valence-electron chi connectivity index (χ1n) is 6.28. The van der Waals surface area contributed by atoms with E-state index in [1.165, 1.54) is 30.6 Å². The lowest BCUT2D eigenvalue weighted by atomic mass is 9.93. The van der Waals surface area contributed by atoms with Crippen LogP contribution in [0.3, 0.4) is 0 Å². The van der Waals surface area contributed by atoms with E-state index in [9.17, 15) is 0 Å². The summed E-state index contributed by atoms with van der Waals surface area (Å²) in [6.45, 7) is 1.37. The molecule has 2 nitrogen and oxygen atoms in total. The van der Waals surface area contributed by atoms with Crippen LogP contribution in [0.25, 0.3) is 0 Å². The summed E-state index contributed by atoms with van der Waals surface area (Å²) < 4.78 is 6.96. The standard InChI is InChI=1S/C13H20BrNOS/c14-11-5-8-17-12(11)9-16-10-13(15)6-3-1-2-4-7-13/h5,8H,1-4,6-7,9-10,15H2. The van der Waals surface area contributed by atoms with Gasteiger partial charge < -0.3 is 10.5 Å². The van der Waals surface area contributed by atoms with E-state index in [1.807, 2.05) is 0 Å². The number of rotatable bonds is 4. The Labute approximate surface area is 116 Å². The minimum Gasteiger partial charge on any atom is -0.374 e. The summed E-state index contributed by atoms with van der Waals surface area (Å²) in [5.74, 6) is 0. The average molecular weight is 318 g/mol. The van der Waals surface area contributed by atoms with Gasteiger partial charge in [0.1, 0.15) is 0 Å². The second-order valence-corrected chi connectivity index (χ2v) is 6.82. The van der Waals surface area contributed by atoms with Gasteiger partial charge in [0.05, 0.1) is 13.2 Å². The van der Waals surface area contributed by atoms with Crippen molar-refractivity contribution in [2.75, 3.05) is 6.61 Å². The summed E-state index contributed by atoms with van der Waals surface area (Å²) in [4.78, 5) is 1.25. The molecule has 17 heavy (non-hydrogen) atoms. The Bertz CT molecular complexity index is 345. The molecule has 0 radical (unpaired) electrons. The van der Waals surface area contributed by atoms with E-state index >= 15 is 0 Å². The average Bonchev–Trinajstić information content (AvgIpc) is 2.58. The lowest BCUT2D eigenvalue weighted by Gasteiger charge is -2.27. The Balaban J connectivity index is 1.79. The summed E-state index contributed by atoms with van der Waals surface area (Å²) in [6, 6.07) is 2.06. The number of ether oxygens (including phenoxy) is 1. The van der Waals surface area contributed by atoms with E-state index in [0.29, 0.717) is 13.2 Å². The third-order valence-corrected chi connectivity index (χ3v) is 5.31. The highest BCUT2D eigenvalue weighted by Gasteiger charge is 2.26. The van der Waals surface area contributed by atoms with Crippen molar-refractivity contribution >= 4 is 27.3 Å². The van der Waals surface area contributed by atoms with Crippen LogP contribution in [0, 0.1) is 0 Å². The minimum absolute atomic E-state index is 0.0831. The van der Waals surface area contributed by atoms with Crippen LogP contribution >= 0.6 is 27.3 Å². The molecule has 0 amide bonds. The van der Waals surface area contributed by atoms with Gasteiger partial charge in [-0.15, -0.1) is 11.3 Å². The van der Waals surface area contributed by atoms with Crippen LogP contribution in [0.4, 0.5) is 0 Å². The zero-order valence-electron chi connectivity index (χ0n) is 10.1. The van der Waals surface area contributed by atoms with E-state index in [1.54, 1.807) is 11.3 Å². The summed E-state index contributed by atoms with van der Waals surface area (Å²) in [6.07, 6.45) is 7.38. The molecule has 1 saturated carbocycles. The van der Waals surface area contributed by atoms with E-state index in [4.69, 9.17) is 10.5 Å². The first-order chi connectivity index (χ1) is 8.20. The highest BCUT2D eigenvalue weighted by atomic mass is 79.9. The fraction of sp³-hybridized carbons (Fsp3) is 0.692. The van der Waals surface area contributed by atoms with Gasteiger partial charge in [-0.1, -0.05) is 25.7 Å². The van der Waals surface area contributed by atoms with Crippen molar-refractivity contribution in [1.82, 2.24) is 0 Å². The normalized spacial score (nSPS) is 20.1. The molecule has 1 fully saturated rings. The number of hydrogen-bond acceptors (Lipinski definition) is 3. The van der Waals surface area contributed by atoms with Gasteiger partial charge in [-0.25, -0.2) is 0 Å². The molecular formula is C13H20BrNOS. The van der Waals surface area contributed by atoms with Gasteiger partial charge in [0.15, 0.2) is 0 Å². The maximum atomic E-state index is 6.40. The van der Waals surface area contributed by atoms with Crippen LogP contribution in [0.5, 0.6) is 0 Å². The Morgan fingerprint density at radius 2 is 2.00 bits per heavy atom. The van der Waals surface area contributed by atoms with Crippen molar-refractivity contribution < 1.29 is 4.74 Å². The van der Waals surface area contributed by atoms with E-state index in [0.717, 1.165) is 17.3 Å². The van der Waals surface area contributed by atoms with Gasteiger partial charge in [-0.05, 0) is 40.2 Å². The molecule has 0 atom stereocenters. The maximum absolute atomic E-state index is 6.40. The smallest absolute Gasteiger partial charge is 0.0821 e. The molecule has 2 N–H and O–H groups in total. The molecular weight excluding hydrogens is 298 g/mol. The highest BCUT2D eigenvalue weighted by Crippen LogP contribution is 2.27. The van der Waals surface area contributed by atoms with Crippen molar-refractivity contribution in [1.29, 1.82) is 0 Å². The molecule has 1 aliphatic rings. The van der Waals surface area contributed by atoms with Crippen molar-refractivity contribution in [2.45, 2.75) is 50.7 Å². The van der Waals surface area contributed by atoms with Gasteiger partial charge in [0, 0.05) is 14.9 Å². The largest absolute Gasteiger partial charge is 0.374 e. The zero-order valence-corrected chi connectivity index (χ0v) is 12.5. The zero-order chi connectivity index (χ0) is 12.1. The van der Waals surface area contributed by atoms with E-state index < -0.39 is 0 Å². The van der Waals surface area contributed by atoms with Gasteiger partial charge in [0.2, 0.25) is 0 Å². The molecule has 0 saturated heterocycles. The molecule has 1 aromatic heterocycles. The van der Waals surface area contributed by atoms with Crippen molar-refractivity contribution in [3.63, 3.8) is 0 Å². The van der Waals surface area contributed by atoms with Gasteiger partial charge in [-0.3, -0.25) is 0 Å². The minimum atomic E-state index is -0.0831. The van der Waals surface area contributed by atoms with Crippen LogP contribution < -0.4 is 5.73 Å². The molecule has 0 aromatic carbocycles. The molecule has 1 aliphatic carbocycles. The monoisotopic (exact) mass is 317 g/mol. The van der Waals surface area contributed by atoms with Gasteiger partial charge >= 0.3 is 0 Å². The molecule has 96 valence electrons. The maximum Gasteiger partial charge on any atom is 0.0821 e. The molecule has 4 heteroatoms. The first-order valence-corrected chi connectivity index (χ1v) is 7.95. The van der Waals surface area contributed by atoms with Crippen molar-refractivity contribution in [2.24, 2.45) is 5.73 Å². The van der Waals surface area contributed by atoms with Crippen molar-refractivity contribution in [3.05, 3.63) is 20.8 Å². The van der Waals surface area contributed by atoms with Crippen LogP contribution in [0.2, 0.25) is 0 Å². The Kier molecular flexibility index (Phi) is 5.03. The SMILES string of the molecule is NC1(COCc2sccc2Br)CCCCCC1. The summed E-state index contributed by atoms with van der Waals surface area (Å²) in [7, 11) is 0. The molecule has 1 aromatic rings. The van der Waals surface area contributed by atoms with Gasteiger partial charge in [0.25, 0.3) is 0 Å². The Hall–Kier alpha value is 0.100. The predicted molar refractivity (Wildman–Crippen MR) is 76.3 cm³/mol. The van der Waals surface area contributed by atoms with Gasteiger partial charge in [-0.2, -0.15) is 0 Å². The molecule has 2 rings (SSSR count). The van der Waals surface area contributed by atoms with Crippen molar-refractivity contribution in [3.8, 4) is 0 Å². The molecule has 0 unspecified atom stereocenters. The molecule has 1 heterocycles. The molecule has 0 aliphatic heterocycles. The highest BCUT2D eigenvalue weighted by molar-refractivity contribution is 9.10. The Morgan fingerprint density at radius 3 is 2.59 bits per heavy atom. The van der Waals surface area contributed by atoms with Crippen LogP contribution in [-0.2, 0) is 11.3 Å². The third-order valence-electron chi connectivity index (χ3n) is 3.41. The first kappa shape index (κ1) is 13.5. The lowest BCUT2D eigenvalue weighted by Crippen LogP contribution is -2.43. The number of nitrogens with two attached hydrogens (primary N) is 1. The lowest BCUT2D eigenvalue weighted by molar-refractivity contribution is 0.0679.